The van der Waals surface area contributed by atoms with Gasteiger partial charge >= 0.3 is 0 Å². The molecule has 31 heavy (non-hydrogen) atoms. The molecule has 0 spiro atoms. The number of rotatable bonds is 4. The van der Waals surface area contributed by atoms with Gasteiger partial charge in [-0.15, -0.1) is 0 Å². The summed E-state index contributed by atoms with van der Waals surface area (Å²) in [6.45, 7) is 1.05. The molecule has 3 aromatic rings. The molecule has 4 rings (SSSR count). The maximum Gasteiger partial charge on any atom is 0.255 e. The van der Waals surface area contributed by atoms with E-state index in [9.17, 15) is 14.0 Å². The number of amides is 2. The third-order valence-electron chi connectivity index (χ3n) is 5.55. The van der Waals surface area contributed by atoms with Crippen molar-refractivity contribution in [3.63, 3.8) is 0 Å². The summed E-state index contributed by atoms with van der Waals surface area (Å²) in [6.07, 6.45) is 1.21. The minimum atomic E-state index is -0.642. The predicted octanol–water partition coefficient (Wildman–Crippen LogP) is 5.18. The summed E-state index contributed by atoms with van der Waals surface area (Å²) in [6, 6.07) is 21.6. The number of benzene rings is 3. The molecule has 0 aromatic heterocycles. The molecule has 0 bridgehead atoms. The van der Waals surface area contributed by atoms with Gasteiger partial charge in [0.05, 0.1) is 10.6 Å². The van der Waals surface area contributed by atoms with Crippen LogP contribution in [0.25, 0.3) is 11.1 Å². The van der Waals surface area contributed by atoms with Gasteiger partial charge in [0.1, 0.15) is 5.82 Å². The summed E-state index contributed by atoms with van der Waals surface area (Å²) in [5.74, 6) is -1.19. The largest absolute Gasteiger partial charge is 0.349 e. The van der Waals surface area contributed by atoms with Crippen molar-refractivity contribution in [2.45, 2.75) is 18.9 Å². The van der Waals surface area contributed by atoms with Crippen LogP contribution in [-0.4, -0.2) is 35.8 Å². The van der Waals surface area contributed by atoms with Crippen LogP contribution in [0.4, 0.5) is 4.39 Å². The van der Waals surface area contributed by atoms with Crippen LogP contribution in [0.1, 0.15) is 33.6 Å². The van der Waals surface area contributed by atoms with Crippen LogP contribution < -0.4 is 5.32 Å². The lowest BCUT2D eigenvalue weighted by molar-refractivity contribution is 0.0698. The molecule has 0 aliphatic carbocycles. The van der Waals surface area contributed by atoms with E-state index in [1.165, 1.54) is 18.2 Å². The second kappa shape index (κ2) is 9.31. The van der Waals surface area contributed by atoms with Gasteiger partial charge in [-0.3, -0.25) is 9.59 Å². The lowest BCUT2D eigenvalue weighted by atomic mass is 10.0. The Balaban J connectivity index is 1.34. The van der Waals surface area contributed by atoms with Gasteiger partial charge < -0.3 is 10.2 Å². The Morgan fingerprint density at radius 2 is 1.52 bits per heavy atom. The van der Waals surface area contributed by atoms with E-state index < -0.39 is 11.7 Å². The van der Waals surface area contributed by atoms with Crippen LogP contribution in [-0.2, 0) is 0 Å². The van der Waals surface area contributed by atoms with E-state index in [-0.39, 0.29) is 22.5 Å². The Hall–Kier alpha value is -3.18. The Morgan fingerprint density at radius 3 is 2.16 bits per heavy atom. The third-order valence-corrected chi connectivity index (χ3v) is 5.86. The minimum Gasteiger partial charge on any atom is -0.349 e. The van der Waals surface area contributed by atoms with Crippen molar-refractivity contribution in [3.05, 3.63) is 94.8 Å². The number of hydrogen-bond donors (Lipinski definition) is 1. The van der Waals surface area contributed by atoms with Gasteiger partial charge in [-0.05, 0) is 48.2 Å². The fourth-order valence-corrected chi connectivity index (χ4v) is 4.07. The Labute approximate surface area is 185 Å². The number of likely N-dealkylation sites (tertiary alicyclic amines) is 1. The average Bonchev–Trinajstić information content (AvgIpc) is 2.80. The minimum absolute atomic E-state index is 0.0264. The highest BCUT2D eigenvalue weighted by molar-refractivity contribution is 6.33. The zero-order valence-corrected chi connectivity index (χ0v) is 17.6. The molecule has 1 aliphatic heterocycles. The first-order chi connectivity index (χ1) is 15.0. The highest BCUT2D eigenvalue weighted by atomic mass is 35.5. The number of nitrogens with one attached hydrogen (secondary N) is 1. The van der Waals surface area contributed by atoms with Gasteiger partial charge in [0.25, 0.3) is 11.8 Å². The molecule has 4 nitrogen and oxygen atoms in total. The molecule has 0 saturated carbocycles. The molecule has 3 aromatic carbocycles. The highest BCUT2D eigenvalue weighted by Crippen LogP contribution is 2.22. The van der Waals surface area contributed by atoms with E-state index in [0.29, 0.717) is 31.5 Å². The van der Waals surface area contributed by atoms with E-state index in [1.54, 1.807) is 4.90 Å². The molecule has 6 heteroatoms. The summed E-state index contributed by atoms with van der Waals surface area (Å²) in [5, 5.41) is 2.93. The SMILES string of the molecule is O=C(NC1CCN(C(=O)c2ccc(-c3ccccc3)cc2)CC1)c1c(F)cccc1Cl. The topological polar surface area (TPSA) is 49.4 Å². The maximum atomic E-state index is 13.9. The number of carbonyl (C=O) groups excluding carboxylic acids is 2. The van der Waals surface area contributed by atoms with Crippen molar-refractivity contribution in [1.82, 2.24) is 10.2 Å². The van der Waals surface area contributed by atoms with Crippen LogP contribution in [0.2, 0.25) is 5.02 Å². The van der Waals surface area contributed by atoms with Gasteiger partial charge in [0.2, 0.25) is 0 Å². The molecular weight excluding hydrogens is 415 g/mol. The number of carbonyl (C=O) groups is 2. The zero-order chi connectivity index (χ0) is 21.8. The van der Waals surface area contributed by atoms with Gasteiger partial charge in [-0.2, -0.15) is 0 Å². The van der Waals surface area contributed by atoms with Gasteiger partial charge in [-0.25, -0.2) is 4.39 Å². The van der Waals surface area contributed by atoms with Crippen LogP contribution in [0.15, 0.2) is 72.8 Å². The quantitative estimate of drug-likeness (QED) is 0.612. The predicted molar refractivity (Wildman–Crippen MR) is 120 cm³/mol. The molecule has 0 atom stereocenters. The van der Waals surface area contributed by atoms with E-state index in [2.05, 4.69) is 5.32 Å². The molecule has 0 radical (unpaired) electrons. The highest BCUT2D eigenvalue weighted by Gasteiger charge is 2.26. The Kier molecular flexibility index (Phi) is 6.33. The average molecular weight is 437 g/mol. The first-order valence-corrected chi connectivity index (χ1v) is 10.6. The van der Waals surface area contributed by atoms with Crippen molar-refractivity contribution >= 4 is 23.4 Å². The summed E-state index contributed by atoms with van der Waals surface area (Å²) in [7, 11) is 0. The lowest BCUT2D eigenvalue weighted by Gasteiger charge is -2.32. The molecule has 2 amide bonds. The monoisotopic (exact) mass is 436 g/mol. The fourth-order valence-electron chi connectivity index (χ4n) is 3.82. The Bertz CT molecular complexity index is 1060. The zero-order valence-electron chi connectivity index (χ0n) is 16.9. The van der Waals surface area contributed by atoms with Crippen LogP contribution in [0, 0.1) is 5.82 Å². The fraction of sp³-hybridized carbons (Fsp3) is 0.200. The molecule has 1 saturated heterocycles. The van der Waals surface area contributed by atoms with Crippen molar-refractivity contribution in [1.29, 1.82) is 0 Å². The summed E-state index contributed by atoms with van der Waals surface area (Å²) >= 11 is 5.97. The molecule has 0 unspecified atom stereocenters. The first kappa shape index (κ1) is 21.1. The Morgan fingerprint density at radius 1 is 0.871 bits per heavy atom. The lowest BCUT2D eigenvalue weighted by Crippen LogP contribution is -2.46. The number of halogens is 2. The second-order valence-corrected chi connectivity index (χ2v) is 7.99. The van der Waals surface area contributed by atoms with E-state index in [4.69, 9.17) is 11.6 Å². The maximum absolute atomic E-state index is 13.9. The molecule has 1 aliphatic rings. The van der Waals surface area contributed by atoms with E-state index in [0.717, 1.165) is 11.1 Å². The number of piperidine rings is 1. The van der Waals surface area contributed by atoms with E-state index in [1.807, 2.05) is 54.6 Å². The van der Waals surface area contributed by atoms with Crippen molar-refractivity contribution < 1.29 is 14.0 Å². The smallest absolute Gasteiger partial charge is 0.255 e. The van der Waals surface area contributed by atoms with Crippen molar-refractivity contribution in [3.8, 4) is 11.1 Å². The standard InChI is InChI=1S/C25H22ClFN2O2/c26-21-7-4-8-22(27)23(21)24(30)28-20-13-15-29(16-14-20)25(31)19-11-9-18(10-12-19)17-5-2-1-3-6-17/h1-12,20H,13-16H2,(H,28,30). The third kappa shape index (κ3) is 4.78. The molecule has 1 fully saturated rings. The number of hydrogen-bond acceptors (Lipinski definition) is 2. The van der Waals surface area contributed by atoms with Crippen LogP contribution >= 0.6 is 11.6 Å². The van der Waals surface area contributed by atoms with E-state index >= 15 is 0 Å². The van der Waals surface area contributed by atoms with Crippen molar-refractivity contribution in [2.75, 3.05) is 13.1 Å². The molecule has 158 valence electrons. The second-order valence-electron chi connectivity index (χ2n) is 7.58. The van der Waals surface area contributed by atoms with Crippen molar-refractivity contribution in [2.24, 2.45) is 0 Å². The first-order valence-electron chi connectivity index (χ1n) is 10.2. The molecular formula is C25H22ClFN2O2. The summed E-state index contributed by atoms with van der Waals surface area (Å²) < 4.78 is 13.9. The molecule has 1 heterocycles. The molecule has 1 N–H and O–H groups in total. The van der Waals surface area contributed by atoms with Gasteiger partial charge in [0, 0.05) is 24.7 Å². The number of nitrogens with zero attached hydrogens (tertiary/aromatic N) is 1. The van der Waals surface area contributed by atoms with Gasteiger partial charge in [-0.1, -0.05) is 60.1 Å². The summed E-state index contributed by atoms with van der Waals surface area (Å²) in [4.78, 5) is 27.1. The van der Waals surface area contributed by atoms with Crippen LogP contribution in [0.3, 0.4) is 0 Å². The summed E-state index contributed by atoms with van der Waals surface area (Å²) in [5.41, 5.74) is 2.67. The normalized spacial score (nSPS) is 14.3. The van der Waals surface area contributed by atoms with Crippen LogP contribution in [0.5, 0.6) is 0 Å². The van der Waals surface area contributed by atoms with Gasteiger partial charge in [0.15, 0.2) is 0 Å².